The molecule has 0 fully saturated rings. The minimum Gasteiger partial charge on any atom is -0.480 e. The van der Waals surface area contributed by atoms with Gasteiger partial charge in [-0.2, -0.15) is 0 Å². The van der Waals surface area contributed by atoms with Gasteiger partial charge in [-0.3, -0.25) is 4.79 Å². The third-order valence-corrected chi connectivity index (χ3v) is 1.73. The molecule has 1 amide bonds. The normalized spacial score (nSPS) is 16.5. The highest BCUT2D eigenvalue weighted by Gasteiger charge is 2.26. The lowest BCUT2D eigenvalue weighted by Gasteiger charge is -2.19. The molecule has 0 bridgehead atoms. The van der Waals surface area contributed by atoms with Crippen molar-refractivity contribution in [2.45, 2.75) is 25.1 Å². The first-order chi connectivity index (χ1) is 6.90. The van der Waals surface area contributed by atoms with Crippen molar-refractivity contribution in [2.24, 2.45) is 5.73 Å². The molecule has 1 unspecified atom stereocenters. The number of aliphatic hydroxyl groups excluding tert-OH is 1. The second-order valence-corrected chi connectivity index (χ2v) is 3.13. The number of methoxy groups -OCH3 is 1. The summed E-state index contributed by atoms with van der Waals surface area (Å²) in [6.45, 7) is 1.25. The van der Waals surface area contributed by atoms with Gasteiger partial charge in [0.25, 0.3) is 0 Å². The molecule has 7 nitrogen and oxygen atoms in total. The molecule has 0 spiro atoms. The van der Waals surface area contributed by atoms with Crippen molar-refractivity contribution >= 4 is 11.9 Å². The van der Waals surface area contributed by atoms with Crippen LogP contribution in [0.2, 0.25) is 0 Å². The van der Waals surface area contributed by atoms with Gasteiger partial charge in [0.15, 0.2) is 6.04 Å². The fourth-order valence-corrected chi connectivity index (χ4v) is 0.904. The van der Waals surface area contributed by atoms with Gasteiger partial charge in [0.1, 0.15) is 6.04 Å². The molecule has 0 aliphatic heterocycles. The van der Waals surface area contributed by atoms with Crippen molar-refractivity contribution in [3.63, 3.8) is 0 Å². The van der Waals surface area contributed by atoms with E-state index in [1.165, 1.54) is 14.0 Å². The van der Waals surface area contributed by atoms with E-state index in [4.69, 9.17) is 15.9 Å². The first-order valence-corrected chi connectivity index (χ1v) is 4.36. The lowest BCUT2D eigenvalue weighted by Crippen LogP contribution is -2.53. The molecule has 0 aromatic carbocycles. The Labute approximate surface area is 87.2 Å². The second kappa shape index (κ2) is 6.33. The standard InChI is InChI=1S/C8H16N2O5/c1-4(11)6(8(13)14)10-7(12)5(9)3-15-2/h4-6,11H,3,9H2,1-2H3,(H,10,12)(H,13,14)/t4-,5?,6+/m1/s1. The quantitative estimate of drug-likeness (QED) is 0.407. The van der Waals surface area contributed by atoms with Crippen molar-refractivity contribution in [1.29, 1.82) is 0 Å². The summed E-state index contributed by atoms with van der Waals surface area (Å²) in [5, 5.41) is 19.8. The van der Waals surface area contributed by atoms with Gasteiger partial charge in [0.2, 0.25) is 5.91 Å². The molecule has 88 valence electrons. The lowest BCUT2D eigenvalue weighted by atomic mass is 10.1. The molecule has 7 heteroatoms. The zero-order chi connectivity index (χ0) is 12.0. The molecule has 0 aliphatic rings. The molecule has 0 rings (SSSR count). The summed E-state index contributed by atoms with van der Waals surface area (Å²) < 4.78 is 4.63. The Hall–Kier alpha value is -1.18. The molecular weight excluding hydrogens is 204 g/mol. The Balaban J connectivity index is 4.29. The maximum Gasteiger partial charge on any atom is 0.328 e. The van der Waals surface area contributed by atoms with E-state index >= 15 is 0 Å². The Kier molecular flexibility index (Phi) is 5.83. The SMILES string of the molecule is COCC(N)C(=O)N[C@H](C(=O)O)[C@@H](C)O. The van der Waals surface area contributed by atoms with Crippen LogP contribution >= 0.6 is 0 Å². The third kappa shape index (κ3) is 4.73. The molecule has 0 saturated heterocycles. The van der Waals surface area contributed by atoms with Crippen LogP contribution < -0.4 is 11.1 Å². The van der Waals surface area contributed by atoms with Crippen LogP contribution in [0.1, 0.15) is 6.92 Å². The van der Waals surface area contributed by atoms with Crippen LogP contribution in [-0.2, 0) is 14.3 Å². The summed E-state index contributed by atoms with van der Waals surface area (Å²) in [4.78, 5) is 21.9. The fourth-order valence-electron chi connectivity index (χ4n) is 0.904. The Morgan fingerprint density at radius 3 is 2.40 bits per heavy atom. The average Bonchev–Trinajstić information content (AvgIpc) is 2.12. The van der Waals surface area contributed by atoms with Crippen LogP contribution in [-0.4, -0.2) is 54.0 Å². The number of carbonyl (C=O) groups excluding carboxylic acids is 1. The second-order valence-electron chi connectivity index (χ2n) is 3.13. The van der Waals surface area contributed by atoms with Gasteiger partial charge in [-0.15, -0.1) is 0 Å². The number of carboxylic acid groups (broad SMARTS) is 1. The lowest BCUT2D eigenvalue weighted by molar-refractivity contribution is -0.145. The average molecular weight is 220 g/mol. The summed E-state index contributed by atoms with van der Waals surface area (Å²) in [6.07, 6.45) is -1.19. The van der Waals surface area contributed by atoms with Crippen LogP contribution in [0.5, 0.6) is 0 Å². The molecular formula is C8H16N2O5. The van der Waals surface area contributed by atoms with Gasteiger partial charge < -0.3 is 26.0 Å². The van der Waals surface area contributed by atoms with E-state index in [0.29, 0.717) is 0 Å². The molecule has 5 N–H and O–H groups in total. The van der Waals surface area contributed by atoms with Crippen LogP contribution in [0.3, 0.4) is 0 Å². The van der Waals surface area contributed by atoms with Crippen molar-refractivity contribution < 1.29 is 24.5 Å². The highest BCUT2D eigenvalue weighted by Crippen LogP contribution is 1.94. The van der Waals surface area contributed by atoms with Gasteiger partial charge in [-0.1, -0.05) is 0 Å². The zero-order valence-electron chi connectivity index (χ0n) is 8.64. The highest BCUT2D eigenvalue weighted by atomic mass is 16.5. The maximum atomic E-state index is 11.3. The predicted octanol–water partition coefficient (Wildman–Crippen LogP) is -2.09. The maximum absolute atomic E-state index is 11.3. The molecule has 0 aromatic rings. The third-order valence-electron chi connectivity index (χ3n) is 1.73. The Morgan fingerprint density at radius 2 is 2.07 bits per heavy atom. The summed E-state index contributed by atoms with van der Waals surface area (Å²) in [6, 6.07) is -2.31. The van der Waals surface area contributed by atoms with E-state index < -0.39 is 30.1 Å². The summed E-state index contributed by atoms with van der Waals surface area (Å²) in [7, 11) is 1.37. The van der Waals surface area contributed by atoms with Crippen LogP contribution in [0.15, 0.2) is 0 Å². The number of ether oxygens (including phenoxy) is 1. The number of hydrogen-bond donors (Lipinski definition) is 4. The number of hydrogen-bond acceptors (Lipinski definition) is 5. The van der Waals surface area contributed by atoms with Gasteiger partial charge in [0, 0.05) is 7.11 Å². The first kappa shape index (κ1) is 13.8. The van der Waals surface area contributed by atoms with E-state index in [2.05, 4.69) is 10.1 Å². The van der Waals surface area contributed by atoms with Crippen LogP contribution in [0.25, 0.3) is 0 Å². The van der Waals surface area contributed by atoms with Crippen molar-refractivity contribution in [1.82, 2.24) is 5.32 Å². The van der Waals surface area contributed by atoms with E-state index in [9.17, 15) is 9.59 Å². The number of nitrogens with one attached hydrogen (secondary N) is 1. The molecule has 0 heterocycles. The number of carboxylic acids is 1. The zero-order valence-corrected chi connectivity index (χ0v) is 8.64. The molecule has 15 heavy (non-hydrogen) atoms. The van der Waals surface area contributed by atoms with Gasteiger partial charge >= 0.3 is 5.97 Å². The monoisotopic (exact) mass is 220 g/mol. The van der Waals surface area contributed by atoms with Crippen LogP contribution in [0, 0.1) is 0 Å². The molecule has 0 aromatic heterocycles. The molecule has 0 radical (unpaired) electrons. The van der Waals surface area contributed by atoms with Crippen molar-refractivity contribution in [3.05, 3.63) is 0 Å². The van der Waals surface area contributed by atoms with E-state index in [0.717, 1.165) is 0 Å². The van der Waals surface area contributed by atoms with Gasteiger partial charge in [-0.25, -0.2) is 4.79 Å². The number of nitrogens with two attached hydrogens (primary N) is 1. The summed E-state index contributed by atoms with van der Waals surface area (Å²) in [5.74, 6) is -1.99. The van der Waals surface area contributed by atoms with E-state index in [1.54, 1.807) is 0 Å². The van der Waals surface area contributed by atoms with Gasteiger partial charge in [0.05, 0.1) is 12.7 Å². The minimum absolute atomic E-state index is 0.0159. The number of amides is 1. The van der Waals surface area contributed by atoms with Gasteiger partial charge in [-0.05, 0) is 6.92 Å². The fraction of sp³-hybridized carbons (Fsp3) is 0.750. The topological polar surface area (TPSA) is 122 Å². The molecule has 3 atom stereocenters. The smallest absolute Gasteiger partial charge is 0.328 e. The van der Waals surface area contributed by atoms with Crippen molar-refractivity contribution in [2.75, 3.05) is 13.7 Å². The predicted molar refractivity (Wildman–Crippen MR) is 51.1 cm³/mol. The van der Waals surface area contributed by atoms with E-state index in [1.807, 2.05) is 0 Å². The van der Waals surface area contributed by atoms with E-state index in [-0.39, 0.29) is 6.61 Å². The Bertz CT molecular complexity index is 231. The minimum atomic E-state index is -1.36. The summed E-state index contributed by atoms with van der Waals surface area (Å²) in [5.41, 5.74) is 5.36. The number of aliphatic carboxylic acids is 1. The highest BCUT2D eigenvalue weighted by molar-refractivity contribution is 5.87. The van der Waals surface area contributed by atoms with Crippen molar-refractivity contribution in [3.8, 4) is 0 Å². The number of carbonyl (C=O) groups is 2. The number of rotatable bonds is 6. The molecule has 0 saturated carbocycles. The Morgan fingerprint density at radius 1 is 1.53 bits per heavy atom. The largest absolute Gasteiger partial charge is 0.480 e. The first-order valence-electron chi connectivity index (χ1n) is 4.36. The molecule has 0 aliphatic carbocycles. The summed E-state index contributed by atoms with van der Waals surface area (Å²) >= 11 is 0. The number of aliphatic hydroxyl groups is 1. The van der Waals surface area contributed by atoms with Crippen LogP contribution in [0.4, 0.5) is 0 Å².